The quantitative estimate of drug-likeness (QED) is 0.833. The minimum Gasteiger partial charge on any atom is -0.366 e. The minimum atomic E-state index is -0.334. The summed E-state index contributed by atoms with van der Waals surface area (Å²) in [6.45, 7) is 2.17. The van der Waals surface area contributed by atoms with Crippen molar-refractivity contribution in [3.63, 3.8) is 0 Å². The summed E-state index contributed by atoms with van der Waals surface area (Å²) in [6.07, 6.45) is 3.15. The van der Waals surface area contributed by atoms with Crippen LogP contribution in [0.25, 0.3) is 10.9 Å². The predicted octanol–water partition coefficient (Wildman–Crippen LogP) is 2.77. The molecule has 3 nitrogen and oxygen atoms in total. The normalized spacial score (nSPS) is 18.6. The van der Waals surface area contributed by atoms with E-state index in [0.717, 1.165) is 41.4 Å². The topological polar surface area (TPSA) is 56.0 Å². The van der Waals surface area contributed by atoms with Gasteiger partial charge in [-0.15, -0.1) is 0 Å². The van der Waals surface area contributed by atoms with Crippen molar-refractivity contribution < 1.29 is 4.79 Å². The zero-order valence-electron chi connectivity index (χ0n) is 10.4. The summed E-state index contributed by atoms with van der Waals surface area (Å²) in [7, 11) is 0. The van der Waals surface area contributed by atoms with Gasteiger partial charge in [0.2, 0.25) is 5.91 Å². The van der Waals surface area contributed by atoms with Crippen LogP contribution in [0.15, 0.2) is 24.3 Å². The summed E-state index contributed by atoms with van der Waals surface area (Å²) in [6, 6.07) is 7.75. The Kier molecular flexibility index (Phi) is 2.54. The third-order valence-electron chi connectivity index (χ3n) is 3.80. The first kappa shape index (κ1) is 11.2. The van der Waals surface area contributed by atoms with Crippen LogP contribution in [-0.4, -0.2) is 10.9 Å². The molecule has 0 saturated heterocycles. The number of nitrogens with zero attached hydrogens (tertiary/aromatic N) is 1. The van der Waals surface area contributed by atoms with Crippen molar-refractivity contribution >= 4 is 16.8 Å². The van der Waals surface area contributed by atoms with Crippen molar-refractivity contribution in [1.29, 1.82) is 0 Å². The Morgan fingerprint density at radius 3 is 2.94 bits per heavy atom. The number of hydrogen-bond donors (Lipinski definition) is 1. The van der Waals surface area contributed by atoms with Crippen LogP contribution < -0.4 is 5.73 Å². The Bertz CT molecular complexity index is 634. The summed E-state index contributed by atoms with van der Waals surface area (Å²) < 4.78 is 0. The minimum absolute atomic E-state index is 0.334. The van der Waals surface area contributed by atoms with Crippen LogP contribution in [0.5, 0.6) is 0 Å². The average molecular weight is 240 g/mol. The standard InChI is InChI=1S/C15H16N2O/c1-9-5-4-7-11-13(15(16)18)10-6-2-3-8-12(10)17-14(9)11/h2-3,6,8-9H,4-5,7H2,1H3,(H2,16,18)/t9-/m1/s1. The number of amides is 1. The van der Waals surface area contributed by atoms with Crippen molar-refractivity contribution in [2.75, 3.05) is 0 Å². The lowest BCUT2D eigenvalue weighted by Crippen LogP contribution is -2.20. The molecule has 18 heavy (non-hydrogen) atoms. The van der Waals surface area contributed by atoms with Crippen LogP contribution in [0, 0.1) is 0 Å². The molecule has 1 atom stereocenters. The van der Waals surface area contributed by atoms with Gasteiger partial charge in [0, 0.05) is 11.1 Å². The maximum absolute atomic E-state index is 11.8. The predicted molar refractivity (Wildman–Crippen MR) is 71.6 cm³/mol. The van der Waals surface area contributed by atoms with E-state index < -0.39 is 0 Å². The maximum Gasteiger partial charge on any atom is 0.249 e. The third kappa shape index (κ3) is 1.58. The fraction of sp³-hybridized carbons (Fsp3) is 0.333. The molecule has 92 valence electrons. The van der Waals surface area contributed by atoms with E-state index >= 15 is 0 Å². The molecule has 1 aromatic heterocycles. The second-order valence-corrected chi connectivity index (χ2v) is 5.03. The lowest BCUT2D eigenvalue weighted by Gasteiger charge is -2.24. The number of fused-ring (bicyclic) bond motifs is 2. The molecule has 0 unspecified atom stereocenters. The largest absolute Gasteiger partial charge is 0.366 e. The first-order valence-corrected chi connectivity index (χ1v) is 6.40. The molecule has 1 amide bonds. The molecule has 0 spiro atoms. The molecule has 1 aliphatic carbocycles. The van der Waals surface area contributed by atoms with E-state index in [1.807, 2.05) is 24.3 Å². The molecule has 0 fully saturated rings. The fourth-order valence-electron chi connectivity index (χ4n) is 2.93. The second kappa shape index (κ2) is 4.09. The summed E-state index contributed by atoms with van der Waals surface area (Å²) in [5.74, 6) is 0.0791. The number of carbonyl (C=O) groups excluding carboxylic acids is 1. The molecule has 1 aromatic carbocycles. The summed E-state index contributed by atoms with van der Waals surface area (Å²) in [4.78, 5) is 16.5. The number of hydrogen-bond acceptors (Lipinski definition) is 2. The van der Waals surface area contributed by atoms with Crippen molar-refractivity contribution in [2.45, 2.75) is 32.1 Å². The maximum atomic E-state index is 11.8. The van der Waals surface area contributed by atoms with Crippen LogP contribution in [0.1, 0.15) is 47.3 Å². The van der Waals surface area contributed by atoms with Crippen LogP contribution in [0.2, 0.25) is 0 Å². The average Bonchev–Trinajstić information content (AvgIpc) is 2.36. The number of rotatable bonds is 1. The Labute approximate surface area is 106 Å². The van der Waals surface area contributed by atoms with Gasteiger partial charge in [-0.05, 0) is 36.8 Å². The van der Waals surface area contributed by atoms with Gasteiger partial charge in [-0.25, -0.2) is 0 Å². The summed E-state index contributed by atoms with van der Waals surface area (Å²) in [5.41, 5.74) is 9.27. The molecule has 3 heteroatoms. The van der Waals surface area contributed by atoms with Crippen LogP contribution in [-0.2, 0) is 6.42 Å². The lowest BCUT2D eigenvalue weighted by molar-refractivity contribution is 0.100. The molecule has 3 rings (SSSR count). The van der Waals surface area contributed by atoms with E-state index in [1.54, 1.807) is 0 Å². The van der Waals surface area contributed by atoms with E-state index in [9.17, 15) is 4.79 Å². The zero-order valence-corrected chi connectivity index (χ0v) is 10.4. The number of benzene rings is 1. The highest BCUT2D eigenvalue weighted by molar-refractivity contribution is 6.07. The van der Waals surface area contributed by atoms with E-state index in [2.05, 4.69) is 6.92 Å². The van der Waals surface area contributed by atoms with Gasteiger partial charge in [-0.3, -0.25) is 9.78 Å². The molecule has 0 saturated carbocycles. The first-order valence-electron chi connectivity index (χ1n) is 6.40. The molecule has 2 aromatic rings. The van der Waals surface area contributed by atoms with E-state index in [-0.39, 0.29) is 5.91 Å². The monoisotopic (exact) mass is 240 g/mol. The number of carbonyl (C=O) groups is 1. The molecular weight excluding hydrogens is 224 g/mol. The van der Waals surface area contributed by atoms with Crippen molar-refractivity contribution in [3.8, 4) is 0 Å². The first-order chi connectivity index (χ1) is 8.68. The van der Waals surface area contributed by atoms with Crippen LogP contribution in [0.3, 0.4) is 0 Å². The number of pyridine rings is 1. The summed E-state index contributed by atoms with van der Waals surface area (Å²) >= 11 is 0. The van der Waals surface area contributed by atoms with Gasteiger partial charge >= 0.3 is 0 Å². The Balaban J connectivity index is 2.41. The van der Waals surface area contributed by atoms with Crippen molar-refractivity contribution in [3.05, 3.63) is 41.1 Å². The number of para-hydroxylation sites is 1. The van der Waals surface area contributed by atoms with Crippen molar-refractivity contribution in [2.24, 2.45) is 5.73 Å². The molecule has 1 aliphatic rings. The molecule has 0 aliphatic heterocycles. The van der Waals surface area contributed by atoms with Gasteiger partial charge in [0.25, 0.3) is 0 Å². The SMILES string of the molecule is C[C@@H]1CCCc2c1nc1ccccc1c2C(N)=O. The highest BCUT2D eigenvalue weighted by atomic mass is 16.1. The van der Waals surface area contributed by atoms with E-state index in [1.165, 1.54) is 0 Å². The van der Waals surface area contributed by atoms with Gasteiger partial charge in [-0.1, -0.05) is 25.1 Å². The Hall–Kier alpha value is -1.90. The number of aromatic nitrogens is 1. The third-order valence-corrected chi connectivity index (χ3v) is 3.80. The Morgan fingerprint density at radius 1 is 1.39 bits per heavy atom. The van der Waals surface area contributed by atoms with Crippen molar-refractivity contribution in [1.82, 2.24) is 4.98 Å². The highest BCUT2D eigenvalue weighted by Gasteiger charge is 2.24. The van der Waals surface area contributed by atoms with E-state index in [0.29, 0.717) is 11.5 Å². The van der Waals surface area contributed by atoms with Gasteiger partial charge < -0.3 is 5.73 Å². The molecular formula is C15H16N2O. The van der Waals surface area contributed by atoms with Crippen LogP contribution >= 0.6 is 0 Å². The molecule has 2 N–H and O–H groups in total. The molecule has 0 bridgehead atoms. The molecule has 0 radical (unpaired) electrons. The van der Waals surface area contributed by atoms with Crippen LogP contribution in [0.4, 0.5) is 0 Å². The number of nitrogens with two attached hydrogens (primary N) is 1. The van der Waals surface area contributed by atoms with Gasteiger partial charge in [0.15, 0.2) is 0 Å². The number of primary amides is 1. The van der Waals surface area contributed by atoms with Gasteiger partial charge in [0.05, 0.1) is 11.1 Å². The second-order valence-electron chi connectivity index (χ2n) is 5.03. The summed E-state index contributed by atoms with van der Waals surface area (Å²) in [5, 5.41) is 0.887. The fourth-order valence-corrected chi connectivity index (χ4v) is 2.93. The smallest absolute Gasteiger partial charge is 0.249 e. The van der Waals surface area contributed by atoms with Gasteiger partial charge in [-0.2, -0.15) is 0 Å². The Morgan fingerprint density at radius 2 is 2.17 bits per heavy atom. The molecule has 1 heterocycles. The van der Waals surface area contributed by atoms with Gasteiger partial charge in [0.1, 0.15) is 0 Å². The lowest BCUT2D eigenvalue weighted by atomic mass is 9.84. The zero-order chi connectivity index (χ0) is 12.7. The van der Waals surface area contributed by atoms with E-state index in [4.69, 9.17) is 10.7 Å². The highest BCUT2D eigenvalue weighted by Crippen LogP contribution is 2.34.